The van der Waals surface area contributed by atoms with Crippen molar-refractivity contribution in [1.29, 1.82) is 0 Å². The molecule has 1 aromatic carbocycles. The predicted molar refractivity (Wildman–Crippen MR) is 88.4 cm³/mol. The summed E-state index contributed by atoms with van der Waals surface area (Å²) in [7, 11) is 1.41. The number of carbonyl (C=O) groups excluding carboxylic acids is 1. The lowest BCUT2D eigenvalue weighted by atomic mass is 9.85. The second-order valence-corrected chi connectivity index (χ2v) is 7.45. The predicted octanol–water partition coefficient (Wildman–Crippen LogP) is 4.25. The van der Waals surface area contributed by atoms with Crippen molar-refractivity contribution in [1.82, 2.24) is 4.90 Å². The highest BCUT2D eigenvalue weighted by molar-refractivity contribution is 9.10. The Morgan fingerprint density at radius 3 is 2.76 bits per heavy atom. The molecule has 0 atom stereocenters. The SMILES string of the molecule is COC(=O)c1ccc(CN2CCCC(C)(C)CC2)c(Br)c1. The first kappa shape index (κ1) is 16.5. The van der Waals surface area contributed by atoms with Crippen molar-refractivity contribution in [3.63, 3.8) is 0 Å². The number of rotatable bonds is 3. The minimum Gasteiger partial charge on any atom is -0.465 e. The molecule has 0 amide bonds. The van der Waals surface area contributed by atoms with E-state index in [1.165, 1.54) is 31.9 Å². The summed E-state index contributed by atoms with van der Waals surface area (Å²) in [6, 6.07) is 5.71. The van der Waals surface area contributed by atoms with Crippen molar-refractivity contribution in [2.75, 3.05) is 20.2 Å². The van der Waals surface area contributed by atoms with E-state index in [-0.39, 0.29) is 5.97 Å². The standard InChI is InChI=1S/C17H24BrNO2/c1-17(2)7-4-9-19(10-8-17)12-14-6-5-13(11-15(14)18)16(20)21-3/h5-6,11H,4,7-10,12H2,1-3H3. The summed E-state index contributed by atoms with van der Waals surface area (Å²) in [5, 5.41) is 0. The molecule has 0 radical (unpaired) electrons. The third-order valence-electron chi connectivity index (χ3n) is 4.30. The zero-order valence-electron chi connectivity index (χ0n) is 13.1. The second-order valence-electron chi connectivity index (χ2n) is 6.59. The molecule has 2 rings (SSSR count). The lowest BCUT2D eigenvalue weighted by molar-refractivity contribution is 0.0600. The smallest absolute Gasteiger partial charge is 0.337 e. The van der Waals surface area contributed by atoms with E-state index in [0.29, 0.717) is 11.0 Å². The highest BCUT2D eigenvalue weighted by atomic mass is 79.9. The maximum atomic E-state index is 11.5. The highest BCUT2D eigenvalue weighted by Crippen LogP contribution is 2.31. The fourth-order valence-electron chi connectivity index (χ4n) is 2.80. The Kier molecular flexibility index (Phi) is 5.44. The number of nitrogens with zero attached hydrogens (tertiary/aromatic N) is 1. The summed E-state index contributed by atoms with van der Waals surface area (Å²) < 4.78 is 5.73. The number of hydrogen-bond donors (Lipinski definition) is 0. The fourth-order valence-corrected chi connectivity index (χ4v) is 3.30. The first-order valence-electron chi connectivity index (χ1n) is 7.50. The van der Waals surface area contributed by atoms with E-state index in [0.717, 1.165) is 24.1 Å². The zero-order valence-corrected chi connectivity index (χ0v) is 14.7. The summed E-state index contributed by atoms with van der Waals surface area (Å²) in [5.41, 5.74) is 2.27. The topological polar surface area (TPSA) is 29.5 Å². The first-order chi connectivity index (χ1) is 9.91. The number of esters is 1. The van der Waals surface area contributed by atoms with Gasteiger partial charge in [0, 0.05) is 11.0 Å². The van der Waals surface area contributed by atoms with Gasteiger partial charge in [0.05, 0.1) is 12.7 Å². The van der Waals surface area contributed by atoms with E-state index in [9.17, 15) is 4.79 Å². The van der Waals surface area contributed by atoms with Crippen LogP contribution in [0, 0.1) is 5.41 Å². The second kappa shape index (κ2) is 6.93. The molecule has 0 saturated carbocycles. The molecule has 1 aromatic rings. The number of likely N-dealkylation sites (tertiary alicyclic amines) is 1. The van der Waals surface area contributed by atoms with Crippen molar-refractivity contribution >= 4 is 21.9 Å². The molecule has 4 heteroatoms. The van der Waals surface area contributed by atoms with Crippen LogP contribution in [0.15, 0.2) is 22.7 Å². The van der Waals surface area contributed by atoms with Crippen LogP contribution in [0.3, 0.4) is 0 Å². The molecule has 1 saturated heterocycles. The summed E-state index contributed by atoms with van der Waals surface area (Å²) in [6.07, 6.45) is 3.79. The van der Waals surface area contributed by atoms with Gasteiger partial charge in [0.1, 0.15) is 0 Å². The largest absolute Gasteiger partial charge is 0.465 e. The molecular formula is C17H24BrNO2. The zero-order chi connectivity index (χ0) is 15.5. The summed E-state index contributed by atoms with van der Waals surface area (Å²) in [6.45, 7) is 7.93. The van der Waals surface area contributed by atoms with Crippen molar-refractivity contribution < 1.29 is 9.53 Å². The number of methoxy groups -OCH3 is 1. The van der Waals surface area contributed by atoms with Crippen LogP contribution in [0.4, 0.5) is 0 Å². The van der Waals surface area contributed by atoms with Crippen LogP contribution in [0.25, 0.3) is 0 Å². The van der Waals surface area contributed by atoms with Crippen molar-refractivity contribution in [3.8, 4) is 0 Å². The molecule has 1 fully saturated rings. The van der Waals surface area contributed by atoms with E-state index < -0.39 is 0 Å². The molecule has 0 unspecified atom stereocenters. The molecule has 21 heavy (non-hydrogen) atoms. The van der Waals surface area contributed by atoms with Crippen LogP contribution in [-0.2, 0) is 11.3 Å². The number of carbonyl (C=O) groups is 1. The average molecular weight is 354 g/mol. The minimum absolute atomic E-state index is 0.293. The molecule has 1 aliphatic heterocycles. The molecule has 3 nitrogen and oxygen atoms in total. The first-order valence-corrected chi connectivity index (χ1v) is 8.30. The quantitative estimate of drug-likeness (QED) is 0.760. The van der Waals surface area contributed by atoms with Gasteiger partial charge < -0.3 is 4.74 Å². The summed E-state index contributed by atoms with van der Waals surface area (Å²) in [5.74, 6) is -0.293. The number of halogens is 1. The van der Waals surface area contributed by atoms with Crippen LogP contribution in [0.5, 0.6) is 0 Å². The van der Waals surface area contributed by atoms with Gasteiger partial charge in [-0.15, -0.1) is 0 Å². The van der Waals surface area contributed by atoms with Crippen LogP contribution in [-0.4, -0.2) is 31.1 Å². The number of ether oxygens (including phenoxy) is 1. The summed E-state index contributed by atoms with van der Waals surface area (Å²) in [4.78, 5) is 14.0. The van der Waals surface area contributed by atoms with Crippen LogP contribution in [0.1, 0.15) is 49.0 Å². The van der Waals surface area contributed by atoms with Crippen LogP contribution in [0.2, 0.25) is 0 Å². The summed E-state index contributed by atoms with van der Waals surface area (Å²) >= 11 is 3.58. The van der Waals surface area contributed by atoms with E-state index in [1.807, 2.05) is 18.2 Å². The molecular weight excluding hydrogens is 330 g/mol. The fraction of sp³-hybridized carbons (Fsp3) is 0.588. The Labute approximate surface area is 135 Å². The molecule has 1 aliphatic rings. The normalized spacial score (nSPS) is 19.0. The van der Waals surface area contributed by atoms with Gasteiger partial charge in [0.2, 0.25) is 0 Å². The van der Waals surface area contributed by atoms with Crippen molar-refractivity contribution in [2.45, 2.75) is 39.7 Å². The van der Waals surface area contributed by atoms with E-state index in [1.54, 1.807) is 0 Å². The molecule has 0 bridgehead atoms. The van der Waals surface area contributed by atoms with Gasteiger partial charge in [-0.05, 0) is 55.5 Å². The van der Waals surface area contributed by atoms with Gasteiger partial charge in [-0.1, -0.05) is 35.8 Å². The van der Waals surface area contributed by atoms with Gasteiger partial charge in [-0.25, -0.2) is 4.79 Å². The third-order valence-corrected chi connectivity index (χ3v) is 5.04. The average Bonchev–Trinajstić information content (AvgIpc) is 2.61. The molecule has 0 aromatic heterocycles. The highest BCUT2D eigenvalue weighted by Gasteiger charge is 2.23. The molecule has 0 N–H and O–H groups in total. The Bertz CT molecular complexity index is 514. The Balaban J connectivity index is 2.04. The maximum Gasteiger partial charge on any atom is 0.337 e. The Morgan fingerprint density at radius 1 is 1.33 bits per heavy atom. The molecule has 0 aliphatic carbocycles. The van der Waals surface area contributed by atoms with Crippen LogP contribution < -0.4 is 0 Å². The molecule has 0 spiro atoms. The third kappa shape index (κ3) is 4.55. The van der Waals surface area contributed by atoms with Gasteiger partial charge in [-0.3, -0.25) is 4.90 Å². The number of hydrogen-bond acceptors (Lipinski definition) is 3. The van der Waals surface area contributed by atoms with E-state index in [4.69, 9.17) is 4.74 Å². The number of benzene rings is 1. The van der Waals surface area contributed by atoms with Gasteiger partial charge in [0.25, 0.3) is 0 Å². The van der Waals surface area contributed by atoms with Gasteiger partial charge in [0.15, 0.2) is 0 Å². The molecule has 116 valence electrons. The van der Waals surface area contributed by atoms with Crippen LogP contribution >= 0.6 is 15.9 Å². The van der Waals surface area contributed by atoms with Crippen molar-refractivity contribution in [3.05, 3.63) is 33.8 Å². The Hall–Kier alpha value is -0.870. The lowest BCUT2D eigenvalue weighted by Crippen LogP contribution is -2.25. The molecule has 1 heterocycles. The van der Waals surface area contributed by atoms with E-state index >= 15 is 0 Å². The van der Waals surface area contributed by atoms with Gasteiger partial charge >= 0.3 is 5.97 Å². The Morgan fingerprint density at radius 2 is 2.10 bits per heavy atom. The monoisotopic (exact) mass is 353 g/mol. The van der Waals surface area contributed by atoms with Gasteiger partial charge in [-0.2, -0.15) is 0 Å². The van der Waals surface area contributed by atoms with Crippen molar-refractivity contribution in [2.24, 2.45) is 5.41 Å². The minimum atomic E-state index is -0.293. The lowest BCUT2D eigenvalue weighted by Gasteiger charge is -2.23. The van der Waals surface area contributed by atoms with E-state index in [2.05, 4.69) is 34.7 Å². The maximum absolute atomic E-state index is 11.5.